The number of benzene rings is 1. The minimum absolute atomic E-state index is 0.184. The van der Waals surface area contributed by atoms with E-state index in [2.05, 4.69) is 22.4 Å². The smallest absolute Gasteiger partial charge is 0.234 e. The molecule has 3 rings (SSSR count). The Morgan fingerprint density at radius 3 is 2.69 bits per heavy atom. The first-order chi connectivity index (χ1) is 12.6. The highest BCUT2D eigenvalue weighted by molar-refractivity contribution is 7.99. The first-order valence-electron chi connectivity index (χ1n) is 8.24. The van der Waals surface area contributed by atoms with Gasteiger partial charge in [-0.25, -0.2) is 4.39 Å². The molecule has 136 valence electrons. The number of amides is 1. The second-order valence-corrected chi connectivity index (χ2v) is 6.63. The van der Waals surface area contributed by atoms with Crippen LogP contribution < -0.4 is 5.32 Å². The van der Waals surface area contributed by atoms with Gasteiger partial charge >= 0.3 is 0 Å². The van der Waals surface area contributed by atoms with Gasteiger partial charge in [0.2, 0.25) is 5.91 Å². The largest absolute Gasteiger partial charge is 0.469 e. The maximum Gasteiger partial charge on any atom is 0.234 e. The second-order valence-electron chi connectivity index (χ2n) is 5.69. The zero-order valence-electron chi connectivity index (χ0n) is 14.5. The number of nitrogens with one attached hydrogen (secondary N) is 1. The lowest BCUT2D eigenvalue weighted by Crippen LogP contribution is -2.14. The number of carbonyl (C=O) groups excluding carboxylic acids is 1. The number of aryl methyl sites for hydroxylation is 1. The Kier molecular flexibility index (Phi) is 5.72. The molecular weight excluding hydrogens is 355 g/mol. The summed E-state index contributed by atoms with van der Waals surface area (Å²) in [6.07, 6.45) is 2.54. The summed E-state index contributed by atoms with van der Waals surface area (Å²) in [5.41, 5.74) is 1.45. The Balaban J connectivity index is 1.69. The number of furan rings is 1. The van der Waals surface area contributed by atoms with Gasteiger partial charge < -0.3 is 14.3 Å². The monoisotopic (exact) mass is 374 g/mol. The quantitative estimate of drug-likeness (QED) is 0.630. The van der Waals surface area contributed by atoms with E-state index in [1.807, 2.05) is 17.6 Å². The lowest BCUT2D eigenvalue weighted by atomic mass is 10.2. The Morgan fingerprint density at radius 1 is 1.27 bits per heavy atom. The summed E-state index contributed by atoms with van der Waals surface area (Å²) in [5.74, 6) is 1.17. The molecule has 2 aromatic heterocycles. The second kappa shape index (κ2) is 8.18. The van der Waals surface area contributed by atoms with Crippen molar-refractivity contribution in [2.45, 2.75) is 32.0 Å². The van der Waals surface area contributed by atoms with Crippen molar-refractivity contribution in [2.75, 3.05) is 11.1 Å². The van der Waals surface area contributed by atoms with Gasteiger partial charge in [-0.2, -0.15) is 0 Å². The molecule has 8 heteroatoms. The van der Waals surface area contributed by atoms with E-state index in [0.29, 0.717) is 10.8 Å². The van der Waals surface area contributed by atoms with Crippen molar-refractivity contribution in [3.63, 3.8) is 0 Å². The third kappa shape index (κ3) is 4.13. The molecule has 0 radical (unpaired) electrons. The van der Waals surface area contributed by atoms with Gasteiger partial charge in [0.15, 0.2) is 11.0 Å². The average Bonchev–Trinajstić information content (AvgIpc) is 3.21. The van der Waals surface area contributed by atoms with Crippen LogP contribution in [-0.2, 0) is 11.3 Å². The van der Waals surface area contributed by atoms with Crippen LogP contribution in [0.1, 0.15) is 19.1 Å². The van der Waals surface area contributed by atoms with E-state index in [4.69, 9.17) is 4.42 Å². The van der Waals surface area contributed by atoms with Crippen molar-refractivity contribution in [2.24, 2.45) is 0 Å². The predicted molar refractivity (Wildman–Crippen MR) is 98.5 cm³/mol. The van der Waals surface area contributed by atoms with E-state index in [1.165, 1.54) is 36.0 Å². The number of thioether (sulfide) groups is 1. The molecule has 0 spiro atoms. The van der Waals surface area contributed by atoms with Crippen molar-refractivity contribution < 1.29 is 13.6 Å². The van der Waals surface area contributed by atoms with Gasteiger partial charge in [0, 0.05) is 12.2 Å². The summed E-state index contributed by atoms with van der Waals surface area (Å²) in [6.45, 7) is 4.69. The van der Waals surface area contributed by atoms with E-state index in [0.717, 1.165) is 30.1 Å². The lowest BCUT2D eigenvalue weighted by molar-refractivity contribution is -0.113. The summed E-state index contributed by atoms with van der Waals surface area (Å²) in [7, 11) is 0. The van der Waals surface area contributed by atoms with Crippen molar-refractivity contribution in [3.05, 3.63) is 48.2 Å². The van der Waals surface area contributed by atoms with Crippen LogP contribution in [0, 0.1) is 12.7 Å². The summed E-state index contributed by atoms with van der Waals surface area (Å²) < 4.78 is 20.3. The molecule has 0 unspecified atom stereocenters. The first-order valence-corrected chi connectivity index (χ1v) is 9.23. The van der Waals surface area contributed by atoms with Gasteiger partial charge in [-0.1, -0.05) is 18.7 Å². The molecule has 3 aromatic rings. The number of aromatic nitrogens is 3. The molecular formula is C18H19FN4O2S. The van der Waals surface area contributed by atoms with Crippen molar-refractivity contribution >= 4 is 23.4 Å². The van der Waals surface area contributed by atoms with E-state index in [1.54, 1.807) is 6.26 Å². The molecule has 0 atom stereocenters. The third-order valence-electron chi connectivity index (χ3n) is 3.72. The maximum atomic E-state index is 12.9. The number of hydrogen-bond acceptors (Lipinski definition) is 5. The summed E-state index contributed by atoms with van der Waals surface area (Å²) >= 11 is 1.31. The van der Waals surface area contributed by atoms with Crippen molar-refractivity contribution in [1.29, 1.82) is 0 Å². The summed E-state index contributed by atoms with van der Waals surface area (Å²) in [4.78, 5) is 12.1. The molecule has 0 aliphatic rings. The lowest BCUT2D eigenvalue weighted by Gasteiger charge is -2.08. The van der Waals surface area contributed by atoms with Gasteiger partial charge in [0.05, 0.1) is 17.6 Å². The highest BCUT2D eigenvalue weighted by atomic mass is 32.2. The Bertz CT molecular complexity index is 889. The molecule has 1 aromatic carbocycles. The molecule has 2 heterocycles. The van der Waals surface area contributed by atoms with Crippen molar-refractivity contribution in [1.82, 2.24) is 14.8 Å². The van der Waals surface area contributed by atoms with E-state index >= 15 is 0 Å². The van der Waals surface area contributed by atoms with E-state index in [9.17, 15) is 9.18 Å². The number of carbonyl (C=O) groups is 1. The Labute approximate surface area is 154 Å². The van der Waals surface area contributed by atoms with Gasteiger partial charge in [-0.3, -0.25) is 4.79 Å². The van der Waals surface area contributed by atoms with Crippen molar-refractivity contribution in [3.8, 4) is 11.4 Å². The first kappa shape index (κ1) is 18.2. The van der Waals surface area contributed by atoms with Gasteiger partial charge in [-0.05, 0) is 43.7 Å². The fraction of sp³-hybridized carbons (Fsp3) is 0.278. The predicted octanol–water partition coefficient (Wildman–Crippen LogP) is 4.13. The molecule has 0 fully saturated rings. The highest BCUT2D eigenvalue weighted by Crippen LogP contribution is 2.27. The molecule has 26 heavy (non-hydrogen) atoms. The highest BCUT2D eigenvalue weighted by Gasteiger charge is 2.17. The number of nitrogens with zero attached hydrogens (tertiary/aromatic N) is 3. The van der Waals surface area contributed by atoms with Crippen LogP contribution in [0.3, 0.4) is 0 Å². The van der Waals surface area contributed by atoms with Gasteiger partial charge in [0.1, 0.15) is 11.6 Å². The van der Waals surface area contributed by atoms with E-state index in [-0.39, 0.29) is 17.5 Å². The number of hydrogen-bond donors (Lipinski definition) is 1. The zero-order valence-corrected chi connectivity index (χ0v) is 15.3. The standard InChI is InChI=1S/C18H19FN4O2S/c1-3-9-23-17(15-8-10-25-12(15)2)21-22-18(23)26-11-16(24)20-14-6-4-13(19)5-7-14/h4-8,10H,3,9,11H2,1-2H3,(H,20,24). The molecule has 0 aliphatic heterocycles. The average molecular weight is 374 g/mol. The topological polar surface area (TPSA) is 73.0 Å². The fourth-order valence-corrected chi connectivity index (χ4v) is 3.26. The molecule has 1 N–H and O–H groups in total. The van der Waals surface area contributed by atoms with Crippen LogP contribution in [0.15, 0.2) is 46.2 Å². The van der Waals surface area contributed by atoms with Crippen LogP contribution in [0.4, 0.5) is 10.1 Å². The minimum atomic E-state index is -0.341. The van der Waals surface area contributed by atoms with Crippen LogP contribution in [0.5, 0.6) is 0 Å². The normalized spacial score (nSPS) is 10.9. The molecule has 0 saturated heterocycles. The van der Waals surface area contributed by atoms with Gasteiger partial charge in [0.25, 0.3) is 0 Å². The fourth-order valence-electron chi connectivity index (χ4n) is 2.50. The van der Waals surface area contributed by atoms with E-state index < -0.39 is 0 Å². The van der Waals surface area contributed by atoms with Crippen LogP contribution in [-0.4, -0.2) is 26.4 Å². The van der Waals surface area contributed by atoms with Crippen LogP contribution >= 0.6 is 11.8 Å². The van der Waals surface area contributed by atoms with Crippen LogP contribution in [0.2, 0.25) is 0 Å². The Hall–Kier alpha value is -2.61. The van der Waals surface area contributed by atoms with Crippen LogP contribution in [0.25, 0.3) is 11.4 Å². The maximum absolute atomic E-state index is 12.9. The minimum Gasteiger partial charge on any atom is -0.469 e. The number of halogens is 1. The molecule has 6 nitrogen and oxygen atoms in total. The summed E-state index contributed by atoms with van der Waals surface area (Å²) in [6, 6.07) is 7.52. The summed E-state index contributed by atoms with van der Waals surface area (Å²) in [5, 5.41) is 11.9. The molecule has 0 bridgehead atoms. The SMILES string of the molecule is CCCn1c(SCC(=O)Nc2ccc(F)cc2)nnc1-c1ccoc1C. The molecule has 0 saturated carbocycles. The zero-order chi connectivity index (χ0) is 18.5. The third-order valence-corrected chi connectivity index (χ3v) is 4.69. The molecule has 0 aliphatic carbocycles. The van der Waals surface area contributed by atoms with Gasteiger partial charge in [-0.15, -0.1) is 10.2 Å². The number of anilines is 1. The Morgan fingerprint density at radius 2 is 2.04 bits per heavy atom. The molecule has 1 amide bonds. The number of rotatable bonds is 7.